The molecule has 2 N–H and O–H groups in total. The number of hydrogen-bond acceptors (Lipinski definition) is 3. The second-order valence-electron chi connectivity index (χ2n) is 5.48. The van der Waals surface area contributed by atoms with Gasteiger partial charge in [-0.25, -0.2) is 0 Å². The molecule has 118 valence electrons. The molecular weight excluding hydrogens is 342 g/mol. The minimum atomic E-state index is -0.511. The van der Waals surface area contributed by atoms with Crippen molar-refractivity contribution in [2.45, 2.75) is 32.6 Å². The summed E-state index contributed by atoms with van der Waals surface area (Å²) in [5, 5.41) is 13.5. The van der Waals surface area contributed by atoms with Gasteiger partial charge in [-0.3, -0.25) is 0 Å². The van der Waals surface area contributed by atoms with Crippen LogP contribution >= 0.6 is 15.9 Å². The van der Waals surface area contributed by atoms with Gasteiger partial charge in [0.25, 0.3) is 0 Å². The molecule has 0 amide bonds. The summed E-state index contributed by atoms with van der Waals surface area (Å²) in [7, 11) is 0. The Morgan fingerprint density at radius 3 is 2.55 bits per heavy atom. The number of ether oxygens (including phenoxy) is 1. The monoisotopic (exact) mass is 363 g/mol. The van der Waals surface area contributed by atoms with E-state index in [2.05, 4.69) is 21.2 Å². The van der Waals surface area contributed by atoms with Crippen LogP contribution in [0.4, 0.5) is 0 Å². The smallest absolute Gasteiger partial charge is 0.124 e. The van der Waals surface area contributed by atoms with Crippen molar-refractivity contribution in [2.24, 2.45) is 0 Å². The molecule has 2 rings (SSSR count). The number of hydrogen-bond donors (Lipinski definition) is 2. The molecule has 0 aromatic heterocycles. The molecule has 0 bridgehead atoms. The number of aliphatic hydroxyl groups excluding tert-OH is 1. The summed E-state index contributed by atoms with van der Waals surface area (Å²) in [4.78, 5) is 0. The summed E-state index contributed by atoms with van der Waals surface area (Å²) in [6.07, 6.45) is -0.377. The van der Waals surface area contributed by atoms with Crippen LogP contribution in [0.25, 0.3) is 0 Å². The van der Waals surface area contributed by atoms with Crippen molar-refractivity contribution < 1.29 is 9.84 Å². The van der Waals surface area contributed by atoms with Crippen molar-refractivity contribution in [1.29, 1.82) is 0 Å². The van der Waals surface area contributed by atoms with Crippen molar-refractivity contribution in [3.05, 3.63) is 64.1 Å². The van der Waals surface area contributed by atoms with Crippen molar-refractivity contribution in [1.82, 2.24) is 5.32 Å². The Morgan fingerprint density at radius 1 is 1.14 bits per heavy atom. The standard InChI is InChI=1S/C18H22BrNO2/c1-13(2)22-18-9-8-16(19)10-15(18)11-20-12-17(21)14-6-4-3-5-7-14/h3-10,13,17,20-21H,11-12H2,1-2H3. The normalized spacial score (nSPS) is 12.4. The maximum atomic E-state index is 10.2. The van der Waals surface area contributed by atoms with Gasteiger partial charge in [-0.2, -0.15) is 0 Å². The molecule has 2 aromatic carbocycles. The van der Waals surface area contributed by atoms with Gasteiger partial charge in [0.2, 0.25) is 0 Å². The average Bonchev–Trinajstić information content (AvgIpc) is 2.50. The summed E-state index contributed by atoms with van der Waals surface area (Å²) >= 11 is 3.49. The second-order valence-corrected chi connectivity index (χ2v) is 6.39. The summed E-state index contributed by atoms with van der Waals surface area (Å²) in [6.45, 7) is 5.17. The van der Waals surface area contributed by atoms with Gasteiger partial charge in [0.15, 0.2) is 0 Å². The lowest BCUT2D eigenvalue weighted by Crippen LogP contribution is -2.21. The molecule has 0 saturated heterocycles. The predicted molar refractivity (Wildman–Crippen MR) is 93.0 cm³/mol. The third kappa shape index (κ3) is 5.13. The Bertz CT molecular complexity index is 587. The number of rotatable bonds is 7. The number of benzene rings is 2. The summed E-state index contributed by atoms with van der Waals surface area (Å²) in [5.41, 5.74) is 1.99. The van der Waals surface area contributed by atoms with Gasteiger partial charge in [0, 0.05) is 23.1 Å². The molecule has 2 aromatic rings. The first kappa shape index (κ1) is 17.0. The highest BCUT2D eigenvalue weighted by Gasteiger charge is 2.09. The van der Waals surface area contributed by atoms with Crippen molar-refractivity contribution in [3.8, 4) is 5.75 Å². The summed E-state index contributed by atoms with van der Waals surface area (Å²) < 4.78 is 6.84. The van der Waals surface area contributed by atoms with Crippen LogP contribution in [0.1, 0.15) is 31.1 Å². The minimum absolute atomic E-state index is 0.134. The van der Waals surface area contributed by atoms with Gasteiger partial charge < -0.3 is 15.2 Å². The van der Waals surface area contributed by atoms with E-state index in [1.165, 1.54) is 0 Å². The van der Waals surface area contributed by atoms with Crippen LogP contribution in [0.2, 0.25) is 0 Å². The van der Waals surface area contributed by atoms with Gasteiger partial charge in [-0.1, -0.05) is 46.3 Å². The fourth-order valence-corrected chi connectivity index (χ4v) is 2.60. The van der Waals surface area contributed by atoms with E-state index in [0.717, 1.165) is 21.3 Å². The molecule has 0 radical (unpaired) electrons. The van der Waals surface area contributed by atoms with Crippen LogP contribution < -0.4 is 10.1 Å². The van der Waals surface area contributed by atoms with Gasteiger partial charge >= 0.3 is 0 Å². The predicted octanol–water partition coefficient (Wildman–Crippen LogP) is 4.06. The largest absolute Gasteiger partial charge is 0.491 e. The lowest BCUT2D eigenvalue weighted by molar-refractivity contribution is 0.174. The zero-order chi connectivity index (χ0) is 15.9. The van der Waals surface area contributed by atoms with Gasteiger partial charge in [0.1, 0.15) is 5.75 Å². The van der Waals surface area contributed by atoms with E-state index < -0.39 is 6.10 Å². The molecule has 22 heavy (non-hydrogen) atoms. The SMILES string of the molecule is CC(C)Oc1ccc(Br)cc1CNCC(O)c1ccccc1. The summed E-state index contributed by atoms with van der Waals surface area (Å²) in [6, 6.07) is 15.6. The average molecular weight is 364 g/mol. The van der Waals surface area contributed by atoms with Crippen LogP contribution in [0.3, 0.4) is 0 Å². The summed E-state index contributed by atoms with van der Waals surface area (Å²) in [5.74, 6) is 0.875. The first-order valence-corrected chi connectivity index (χ1v) is 8.24. The van der Waals surface area contributed by atoms with E-state index in [1.807, 2.05) is 62.4 Å². The molecule has 4 heteroatoms. The highest BCUT2D eigenvalue weighted by Crippen LogP contribution is 2.24. The molecule has 0 heterocycles. The molecule has 1 unspecified atom stereocenters. The molecule has 0 fully saturated rings. The van der Waals surface area contributed by atoms with Crippen LogP contribution in [-0.4, -0.2) is 17.8 Å². The minimum Gasteiger partial charge on any atom is -0.491 e. The molecule has 0 aliphatic rings. The third-order valence-electron chi connectivity index (χ3n) is 3.22. The first-order chi connectivity index (χ1) is 10.6. The maximum absolute atomic E-state index is 10.2. The lowest BCUT2D eigenvalue weighted by atomic mass is 10.1. The van der Waals surface area contributed by atoms with E-state index in [0.29, 0.717) is 13.1 Å². The molecular formula is C18H22BrNO2. The van der Waals surface area contributed by atoms with Crippen LogP contribution in [0.5, 0.6) is 5.75 Å². The van der Waals surface area contributed by atoms with Crippen LogP contribution in [0.15, 0.2) is 53.0 Å². The van der Waals surface area contributed by atoms with E-state index in [4.69, 9.17) is 4.74 Å². The number of aliphatic hydroxyl groups is 1. The molecule has 1 atom stereocenters. The van der Waals surface area contributed by atoms with Crippen molar-refractivity contribution in [2.75, 3.05) is 6.54 Å². The fourth-order valence-electron chi connectivity index (χ4n) is 2.19. The van der Waals surface area contributed by atoms with Gasteiger partial charge in [-0.15, -0.1) is 0 Å². The zero-order valence-electron chi connectivity index (χ0n) is 12.9. The van der Waals surface area contributed by atoms with Crippen LogP contribution in [0, 0.1) is 0 Å². The lowest BCUT2D eigenvalue weighted by Gasteiger charge is -2.16. The Labute approximate surface area is 140 Å². The molecule has 3 nitrogen and oxygen atoms in total. The topological polar surface area (TPSA) is 41.5 Å². The first-order valence-electron chi connectivity index (χ1n) is 7.45. The molecule has 0 saturated carbocycles. The zero-order valence-corrected chi connectivity index (χ0v) is 14.5. The highest BCUT2D eigenvalue weighted by atomic mass is 79.9. The van der Waals surface area contributed by atoms with Crippen LogP contribution in [-0.2, 0) is 6.54 Å². The third-order valence-corrected chi connectivity index (χ3v) is 3.72. The molecule has 0 aliphatic carbocycles. The van der Waals surface area contributed by atoms with Crippen molar-refractivity contribution >= 4 is 15.9 Å². The Kier molecular flexibility index (Phi) is 6.43. The van der Waals surface area contributed by atoms with E-state index in [9.17, 15) is 5.11 Å². The quantitative estimate of drug-likeness (QED) is 0.779. The van der Waals surface area contributed by atoms with E-state index in [-0.39, 0.29) is 6.10 Å². The Morgan fingerprint density at radius 2 is 1.86 bits per heavy atom. The number of halogens is 1. The van der Waals surface area contributed by atoms with Gasteiger partial charge in [0.05, 0.1) is 12.2 Å². The van der Waals surface area contributed by atoms with E-state index >= 15 is 0 Å². The molecule has 0 aliphatic heterocycles. The fraction of sp³-hybridized carbons (Fsp3) is 0.333. The van der Waals surface area contributed by atoms with Crippen molar-refractivity contribution in [3.63, 3.8) is 0 Å². The Hall–Kier alpha value is -1.36. The van der Waals surface area contributed by atoms with Gasteiger partial charge in [-0.05, 0) is 37.6 Å². The van der Waals surface area contributed by atoms with E-state index in [1.54, 1.807) is 0 Å². The Balaban J connectivity index is 1.95. The second kappa shape index (κ2) is 8.32. The highest BCUT2D eigenvalue weighted by molar-refractivity contribution is 9.10. The molecule has 0 spiro atoms. The number of nitrogens with one attached hydrogen (secondary N) is 1. The maximum Gasteiger partial charge on any atom is 0.124 e.